The Balaban J connectivity index is 2.54. The Morgan fingerprint density at radius 2 is 1.44 bits per heavy atom. The van der Waals surface area contributed by atoms with Crippen LogP contribution in [0.1, 0.15) is 5.56 Å². The molecule has 0 amide bonds. The molecule has 5 heteroatoms. The van der Waals surface area contributed by atoms with E-state index in [1.165, 1.54) is 5.56 Å². The van der Waals surface area contributed by atoms with Crippen molar-refractivity contribution in [3.05, 3.63) is 35.9 Å². The first-order chi connectivity index (χ1) is 8.21. The summed E-state index contributed by atoms with van der Waals surface area (Å²) in [5.74, 6) is 0. The van der Waals surface area contributed by atoms with Crippen LogP contribution in [0.3, 0.4) is 0 Å². The third-order valence-corrected chi connectivity index (χ3v) is 24.0. The number of hydrogen-bond donors (Lipinski definition) is 1. The maximum atomic E-state index is 3.78. The van der Waals surface area contributed by atoms with Crippen LogP contribution in [-0.4, -0.2) is 40.6 Å². The van der Waals surface area contributed by atoms with Gasteiger partial charge in [-0.05, 0) is 0 Å². The molecule has 0 aliphatic carbocycles. The monoisotopic (exact) mass is 386 g/mol. The molecule has 0 bridgehead atoms. The Morgan fingerprint density at radius 1 is 0.944 bits per heavy atom. The van der Waals surface area contributed by atoms with Gasteiger partial charge in [0, 0.05) is 0 Å². The van der Waals surface area contributed by atoms with E-state index >= 15 is 0 Å². The van der Waals surface area contributed by atoms with Gasteiger partial charge in [0.2, 0.25) is 0 Å². The quantitative estimate of drug-likeness (QED) is 0.757. The average molecular weight is 385 g/mol. The van der Waals surface area contributed by atoms with Crippen LogP contribution in [0.15, 0.2) is 30.3 Å². The van der Waals surface area contributed by atoms with Gasteiger partial charge in [-0.1, -0.05) is 0 Å². The molecule has 0 fully saturated rings. The summed E-state index contributed by atoms with van der Waals surface area (Å²) in [4.78, 5) is 0. The van der Waals surface area contributed by atoms with E-state index in [-0.39, 0.29) is 0 Å². The molecule has 0 atom stereocenters. The summed E-state index contributed by atoms with van der Waals surface area (Å²) in [6.07, 6.45) is 0. The van der Waals surface area contributed by atoms with Gasteiger partial charge >= 0.3 is 126 Å². The Labute approximate surface area is 125 Å². The third-order valence-electron chi connectivity index (χ3n) is 2.67. The predicted octanol–water partition coefficient (Wildman–Crippen LogP) is 3.28. The van der Waals surface area contributed by atoms with Crippen molar-refractivity contribution in [2.45, 2.75) is 45.8 Å². The summed E-state index contributed by atoms with van der Waals surface area (Å²) in [6.45, 7) is 15.9. The molecule has 18 heavy (non-hydrogen) atoms. The molecule has 1 N–H and O–H groups in total. The van der Waals surface area contributed by atoms with E-state index < -0.39 is 38.2 Å². The van der Waals surface area contributed by atoms with Crippen LogP contribution in [0, 0.1) is 0 Å². The molecule has 1 aromatic carbocycles. The minimum absolute atomic E-state index is 0.622. The van der Waals surface area contributed by atoms with E-state index in [2.05, 4.69) is 75.6 Å². The van der Waals surface area contributed by atoms with Gasteiger partial charge in [-0.2, -0.15) is 0 Å². The van der Waals surface area contributed by atoms with Crippen molar-refractivity contribution in [3.8, 4) is 0 Å². The fraction of sp³-hybridized carbons (Fsp3) is 0.538. The van der Waals surface area contributed by atoms with Gasteiger partial charge in [-0.3, -0.25) is 0 Å². The Kier molecular flexibility index (Phi) is 6.11. The number of benzene rings is 1. The summed E-state index contributed by atoms with van der Waals surface area (Å²) >= 11 is -0.622. The summed E-state index contributed by atoms with van der Waals surface area (Å²) < 4.78 is 6.72. The molecule has 1 rings (SSSR count). The first-order valence-corrected chi connectivity index (χ1v) is 16.1. The van der Waals surface area contributed by atoms with E-state index in [1.807, 2.05) is 0 Å². The Hall–Kier alpha value is 0.372. The van der Waals surface area contributed by atoms with Crippen LogP contribution < -0.4 is 3.54 Å². The molecule has 0 aromatic heterocycles. The molecule has 100 valence electrons. The van der Waals surface area contributed by atoms with Crippen molar-refractivity contribution in [2.24, 2.45) is 0 Å². The van der Waals surface area contributed by atoms with Gasteiger partial charge in [0.1, 0.15) is 0 Å². The van der Waals surface area contributed by atoms with E-state index in [0.29, 0.717) is 0 Å². The summed E-state index contributed by atoms with van der Waals surface area (Å²) in [5, 5.41) is 0. The molecule has 2 radical (unpaired) electrons. The first-order valence-electron chi connectivity index (χ1n) is 6.54. The predicted molar refractivity (Wildman–Crippen MR) is 87.6 cm³/mol. The van der Waals surface area contributed by atoms with Crippen LogP contribution in [0.2, 0.25) is 39.3 Å². The maximum absolute atomic E-state index is 3.78. The van der Waals surface area contributed by atoms with Crippen molar-refractivity contribution < 1.29 is 0 Å². The van der Waals surface area contributed by atoms with Gasteiger partial charge in [-0.25, -0.2) is 0 Å². The molecule has 0 spiro atoms. The summed E-state index contributed by atoms with van der Waals surface area (Å²) in [5.41, 5.74) is 1.41. The molecule has 0 saturated heterocycles. The SMILES string of the molecule is C[Si](C)(C)[N]([Sn][NH]Cc1ccccc1)[Si](C)(C)C. The fourth-order valence-corrected chi connectivity index (χ4v) is 18.9. The van der Waals surface area contributed by atoms with Gasteiger partial charge in [0.15, 0.2) is 0 Å². The molecule has 0 aliphatic rings. The minimum atomic E-state index is -1.15. The Morgan fingerprint density at radius 3 is 1.89 bits per heavy atom. The fourth-order valence-electron chi connectivity index (χ4n) is 2.16. The second-order valence-corrected chi connectivity index (χ2v) is 22.1. The normalized spacial score (nSPS) is 13.1. The number of hydrogen-bond acceptors (Lipinski definition) is 2. The van der Waals surface area contributed by atoms with Gasteiger partial charge in [0.05, 0.1) is 0 Å². The molecule has 0 saturated carbocycles. The van der Waals surface area contributed by atoms with Crippen LogP contribution >= 0.6 is 0 Å². The standard InChI is InChI=1S/C7H8N.C6H18NSi2.Sn/c8-6-7-4-2-1-3-5-7;1-8(2,3)7-9(4,5)6;/h1-5,8H,6H2;1-6H3;/q2*-1;+2. The van der Waals surface area contributed by atoms with Crippen LogP contribution in [0.5, 0.6) is 0 Å². The van der Waals surface area contributed by atoms with E-state index in [1.54, 1.807) is 0 Å². The molecule has 1 aromatic rings. The molecule has 0 aliphatic heterocycles. The number of nitrogens with zero attached hydrogens (tertiary/aromatic N) is 1. The second kappa shape index (κ2) is 6.70. The zero-order chi connectivity index (χ0) is 13.8. The van der Waals surface area contributed by atoms with Crippen LogP contribution in [0.4, 0.5) is 0 Å². The van der Waals surface area contributed by atoms with E-state index in [0.717, 1.165) is 6.54 Å². The molecule has 0 heterocycles. The van der Waals surface area contributed by atoms with Crippen molar-refractivity contribution in [2.75, 3.05) is 0 Å². The molecular formula is C13H26N2Si2Sn. The van der Waals surface area contributed by atoms with Crippen LogP contribution in [-0.2, 0) is 6.54 Å². The van der Waals surface area contributed by atoms with E-state index in [4.69, 9.17) is 0 Å². The zero-order valence-corrected chi connectivity index (χ0v) is 17.4. The molecular weight excluding hydrogens is 359 g/mol. The summed E-state index contributed by atoms with van der Waals surface area (Å²) in [7, 11) is -2.30. The van der Waals surface area contributed by atoms with Crippen molar-refractivity contribution in [3.63, 3.8) is 0 Å². The molecule has 0 unspecified atom stereocenters. The van der Waals surface area contributed by atoms with Gasteiger partial charge < -0.3 is 0 Å². The number of rotatable bonds is 6. The molecule has 2 nitrogen and oxygen atoms in total. The second-order valence-electron chi connectivity index (χ2n) is 6.63. The van der Waals surface area contributed by atoms with Crippen molar-refractivity contribution >= 4 is 38.2 Å². The topological polar surface area (TPSA) is 15.3 Å². The van der Waals surface area contributed by atoms with Gasteiger partial charge in [-0.15, -0.1) is 0 Å². The first kappa shape index (κ1) is 16.4. The zero-order valence-electron chi connectivity index (χ0n) is 12.5. The number of nitrogens with one attached hydrogen (secondary N) is 1. The third kappa shape index (κ3) is 5.56. The van der Waals surface area contributed by atoms with Crippen molar-refractivity contribution in [1.82, 2.24) is 5.99 Å². The van der Waals surface area contributed by atoms with Crippen molar-refractivity contribution in [1.29, 1.82) is 0 Å². The van der Waals surface area contributed by atoms with E-state index in [9.17, 15) is 0 Å². The average Bonchev–Trinajstić information content (AvgIpc) is 2.22. The summed E-state index contributed by atoms with van der Waals surface area (Å²) in [6, 6.07) is 10.7. The Bertz CT molecular complexity index is 343. The van der Waals surface area contributed by atoms with Crippen LogP contribution in [0.25, 0.3) is 0 Å². The van der Waals surface area contributed by atoms with Gasteiger partial charge in [0.25, 0.3) is 0 Å².